The Balaban J connectivity index is 2.56. The average Bonchev–Trinajstić information content (AvgIpc) is 2.36. The molecule has 0 atom stereocenters. The number of aliphatic hydroxyl groups is 1. The second-order valence-electron chi connectivity index (χ2n) is 3.76. The van der Waals surface area contributed by atoms with Gasteiger partial charge in [0.25, 0.3) is 0 Å². The fraction of sp³-hybridized carbons (Fsp3) is 0.538. The van der Waals surface area contributed by atoms with Crippen molar-refractivity contribution in [2.24, 2.45) is 0 Å². The van der Waals surface area contributed by atoms with Crippen molar-refractivity contribution in [3.05, 3.63) is 29.6 Å². The Kier molecular flexibility index (Phi) is 6.55. The summed E-state index contributed by atoms with van der Waals surface area (Å²) in [6, 6.07) is 4.84. The molecular formula is C13H20FNOS. The van der Waals surface area contributed by atoms with Gasteiger partial charge in [0.1, 0.15) is 5.82 Å². The van der Waals surface area contributed by atoms with E-state index in [1.807, 2.05) is 0 Å². The number of benzene rings is 1. The van der Waals surface area contributed by atoms with Crippen LogP contribution in [-0.4, -0.2) is 35.4 Å². The number of halogens is 1. The molecule has 0 saturated heterocycles. The maximum absolute atomic E-state index is 13.6. The Labute approximate surface area is 107 Å². The molecule has 0 fully saturated rings. The zero-order valence-electron chi connectivity index (χ0n) is 10.4. The normalized spacial score (nSPS) is 11.1. The summed E-state index contributed by atoms with van der Waals surface area (Å²) in [5.74, 6) is 0.608. The van der Waals surface area contributed by atoms with Gasteiger partial charge in [0, 0.05) is 17.2 Å². The average molecular weight is 257 g/mol. The van der Waals surface area contributed by atoms with Crippen LogP contribution in [-0.2, 0) is 6.61 Å². The second-order valence-corrected chi connectivity index (χ2v) is 4.87. The Bertz CT molecular complexity index is 342. The van der Waals surface area contributed by atoms with Gasteiger partial charge in [0.15, 0.2) is 0 Å². The molecule has 2 nitrogen and oxygen atoms in total. The third kappa shape index (κ3) is 4.30. The molecule has 0 aliphatic carbocycles. The number of aliphatic hydroxyl groups excluding tert-OH is 1. The summed E-state index contributed by atoms with van der Waals surface area (Å²) in [6.07, 6.45) is 0. The van der Waals surface area contributed by atoms with Crippen molar-refractivity contribution < 1.29 is 9.50 Å². The minimum atomic E-state index is -0.235. The first kappa shape index (κ1) is 14.5. The molecule has 4 heteroatoms. The van der Waals surface area contributed by atoms with Crippen molar-refractivity contribution in [1.82, 2.24) is 4.90 Å². The molecule has 0 spiro atoms. The highest BCUT2D eigenvalue weighted by Crippen LogP contribution is 2.26. The van der Waals surface area contributed by atoms with Crippen molar-refractivity contribution in [1.29, 1.82) is 0 Å². The molecule has 0 amide bonds. The van der Waals surface area contributed by atoms with Crippen LogP contribution in [0, 0.1) is 5.82 Å². The molecule has 1 aromatic rings. The summed E-state index contributed by atoms with van der Waals surface area (Å²) in [5, 5.41) is 9.15. The van der Waals surface area contributed by atoms with Gasteiger partial charge < -0.3 is 10.0 Å². The molecular weight excluding hydrogens is 237 g/mol. The molecule has 0 saturated carbocycles. The molecule has 0 radical (unpaired) electrons. The highest BCUT2D eigenvalue weighted by Gasteiger charge is 2.08. The van der Waals surface area contributed by atoms with Crippen molar-refractivity contribution in [2.45, 2.75) is 25.3 Å². The van der Waals surface area contributed by atoms with Gasteiger partial charge in [0.05, 0.1) is 6.61 Å². The first-order valence-electron chi connectivity index (χ1n) is 5.96. The third-order valence-corrected chi connectivity index (χ3v) is 3.90. The number of nitrogens with zero attached hydrogens (tertiary/aromatic N) is 1. The lowest BCUT2D eigenvalue weighted by Crippen LogP contribution is -2.25. The lowest BCUT2D eigenvalue weighted by Gasteiger charge is -2.17. The minimum absolute atomic E-state index is 0.106. The fourth-order valence-corrected chi connectivity index (χ4v) is 2.73. The number of hydrogen-bond acceptors (Lipinski definition) is 3. The molecule has 1 N–H and O–H groups in total. The van der Waals surface area contributed by atoms with Crippen LogP contribution in [0.3, 0.4) is 0 Å². The van der Waals surface area contributed by atoms with Crippen molar-refractivity contribution >= 4 is 11.8 Å². The van der Waals surface area contributed by atoms with E-state index in [2.05, 4.69) is 18.7 Å². The molecule has 17 heavy (non-hydrogen) atoms. The number of thioether (sulfide) groups is 1. The monoisotopic (exact) mass is 257 g/mol. The highest BCUT2D eigenvalue weighted by molar-refractivity contribution is 7.99. The van der Waals surface area contributed by atoms with Crippen LogP contribution in [0.25, 0.3) is 0 Å². The van der Waals surface area contributed by atoms with E-state index in [4.69, 9.17) is 5.11 Å². The smallest absolute Gasteiger partial charge is 0.137 e. The molecule has 96 valence electrons. The minimum Gasteiger partial charge on any atom is -0.392 e. The van der Waals surface area contributed by atoms with Crippen LogP contribution in [0.1, 0.15) is 19.4 Å². The molecule has 0 aliphatic rings. The fourth-order valence-electron chi connectivity index (χ4n) is 1.66. The van der Waals surface area contributed by atoms with Crippen molar-refractivity contribution in [3.8, 4) is 0 Å². The Hall–Kier alpha value is -0.580. The van der Waals surface area contributed by atoms with Crippen LogP contribution < -0.4 is 0 Å². The quantitative estimate of drug-likeness (QED) is 0.760. The summed E-state index contributed by atoms with van der Waals surface area (Å²) >= 11 is 1.48. The number of hydrogen-bond donors (Lipinski definition) is 1. The number of rotatable bonds is 7. The lowest BCUT2D eigenvalue weighted by molar-refractivity contribution is 0.277. The first-order valence-corrected chi connectivity index (χ1v) is 6.94. The summed E-state index contributed by atoms with van der Waals surface area (Å²) in [4.78, 5) is 2.88. The van der Waals surface area contributed by atoms with E-state index in [0.29, 0.717) is 10.5 Å². The van der Waals surface area contributed by atoms with Gasteiger partial charge in [-0.25, -0.2) is 4.39 Å². The molecule has 0 aromatic heterocycles. The van der Waals surface area contributed by atoms with E-state index in [0.717, 1.165) is 25.4 Å². The summed E-state index contributed by atoms with van der Waals surface area (Å²) in [5.41, 5.74) is 0.676. The van der Waals surface area contributed by atoms with Gasteiger partial charge >= 0.3 is 0 Å². The summed E-state index contributed by atoms with van der Waals surface area (Å²) in [6.45, 7) is 7.11. The highest BCUT2D eigenvalue weighted by atomic mass is 32.2. The van der Waals surface area contributed by atoms with Gasteiger partial charge in [-0.15, -0.1) is 11.8 Å². The maximum atomic E-state index is 13.6. The third-order valence-electron chi connectivity index (χ3n) is 2.77. The Morgan fingerprint density at radius 3 is 2.59 bits per heavy atom. The van der Waals surface area contributed by atoms with Gasteiger partial charge in [-0.3, -0.25) is 0 Å². The maximum Gasteiger partial charge on any atom is 0.137 e. The van der Waals surface area contributed by atoms with Crippen molar-refractivity contribution in [2.75, 3.05) is 25.4 Å². The molecule has 0 heterocycles. The van der Waals surface area contributed by atoms with E-state index in [1.165, 1.54) is 17.8 Å². The Morgan fingerprint density at radius 1 is 1.29 bits per heavy atom. The van der Waals surface area contributed by atoms with Gasteiger partial charge in [-0.2, -0.15) is 0 Å². The van der Waals surface area contributed by atoms with E-state index in [1.54, 1.807) is 12.1 Å². The largest absolute Gasteiger partial charge is 0.392 e. The van der Waals surface area contributed by atoms with Crippen LogP contribution in [0.4, 0.5) is 4.39 Å². The zero-order valence-corrected chi connectivity index (χ0v) is 11.3. The summed E-state index contributed by atoms with van der Waals surface area (Å²) < 4.78 is 13.6. The Morgan fingerprint density at radius 2 is 2.00 bits per heavy atom. The zero-order chi connectivity index (χ0) is 12.7. The molecule has 1 aromatic carbocycles. The van der Waals surface area contributed by atoms with E-state index < -0.39 is 0 Å². The van der Waals surface area contributed by atoms with Gasteiger partial charge in [-0.05, 0) is 24.7 Å². The van der Waals surface area contributed by atoms with E-state index >= 15 is 0 Å². The predicted molar refractivity (Wildman–Crippen MR) is 70.8 cm³/mol. The molecule has 0 aliphatic heterocycles. The van der Waals surface area contributed by atoms with Crippen molar-refractivity contribution in [3.63, 3.8) is 0 Å². The van der Waals surface area contributed by atoms with Gasteiger partial charge in [-0.1, -0.05) is 26.0 Å². The van der Waals surface area contributed by atoms with Crippen LogP contribution in [0.15, 0.2) is 23.1 Å². The summed E-state index contributed by atoms with van der Waals surface area (Å²) in [7, 11) is 0. The topological polar surface area (TPSA) is 23.5 Å². The standard InChI is InChI=1S/C13H20FNOS/c1-3-15(4-2)8-9-17-13-11(10-16)6-5-7-12(13)14/h5-7,16H,3-4,8-10H2,1-2H3. The molecule has 0 unspecified atom stereocenters. The van der Waals surface area contributed by atoms with Crippen LogP contribution >= 0.6 is 11.8 Å². The first-order chi connectivity index (χ1) is 8.22. The van der Waals surface area contributed by atoms with E-state index in [9.17, 15) is 4.39 Å². The predicted octanol–water partition coefficient (Wildman–Crippen LogP) is 2.75. The molecule has 1 rings (SSSR count). The van der Waals surface area contributed by atoms with Crippen LogP contribution in [0.2, 0.25) is 0 Å². The van der Waals surface area contributed by atoms with Gasteiger partial charge in [0.2, 0.25) is 0 Å². The SMILES string of the molecule is CCN(CC)CCSc1c(F)cccc1CO. The van der Waals surface area contributed by atoms with E-state index in [-0.39, 0.29) is 12.4 Å². The van der Waals surface area contributed by atoms with Crippen LogP contribution in [0.5, 0.6) is 0 Å². The molecule has 0 bridgehead atoms. The lowest BCUT2D eigenvalue weighted by atomic mass is 10.2. The second kappa shape index (κ2) is 7.69.